The highest BCUT2D eigenvalue weighted by atomic mass is 35.5. The lowest BCUT2D eigenvalue weighted by Gasteiger charge is -2.28. The minimum absolute atomic E-state index is 0. The van der Waals surface area contributed by atoms with Crippen LogP contribution in [0.25, 0.3) is 0 Å². The molecule has 2 saturated heterocycles. The number of likely N-dealkylation sites (tertiary alicyclic amines) is 1. The highest BCUT2D eigenvalue weighted by molar-refractivity contribution is 5.94. The number of carbonyl (C=O) groups excluding carboxylic acids is 1. The van der Waals surface area contributed by atoms with Gasteiger partial charge in [0.1, 0.15) is 5.82 Å². The lowest BCUT2D eigenvalue weighted by atomic mass is 9.89. The Balaban J connectivity index is 0.00000121. The van der Waals surface area contributed by atoms with Crippen LogP contribution in [0.1, 0.15) is 27.7 Å². The standard InChI is InChI=1S/C19H20FN3O.2ClH/c1-12-5-6-14(9-22-12)19(24)23-11-15-8-21-10-17(15)18(23)13-3-2-4-16(20)7-13;;/h2-7,9,15,17-18,21H,8,10-11H2,1H3;2*1H/t15-,17-,18+;;/m0../s1. The van der Waals surface area contributed by atoms with Gasteiger partial charge in [-0.25, -0.2) is 4.39 Å². The van der Waals surface area contributed by atoms with Crippen molar-refractivity contribution in [3.8, 4) is 0 Å². The average molecular weight is 398 g/mol. The van der Waals surface area contributed by atoms with E-state index in [4.69, 9.17) is 0 Å². The maximum absolute atomic E-state index is 13.7. The van der Waals surface area contributed by atoms with Crippen molar-refractivity contribution in [2.24, 2.45) is 11.8 Å². The Labute approximate surface area is 165 Å². The summed E-state index contributed by atoms with van der Waals surface area (Å²) in [5.41, 5.74) is 2.35. The number of hydrogen-bond acceptors (Lipinski definition) is 3. The van der Waals surface area contributed by atoms with Crippen molar-refractivity contribution >= 4 is 30.7 Å². The largest absolute Gasteiger partial charge is 0.331 e. The van der Waals surface area contributed by atoms with Crippen LogP contribution < -0.4 is 5.32 Å². The van der Waals surface area contributed by atoms with Crippen LogP contribution in [0, 0.1) is 24.6 Å². The first-order chi connectivity index (χ1) is 11.6. The van der Waals surface area contributed by atoms with Crippen LogP contribution in [0.5, 0.6) is 0 Å². The third kappa shape index (κ3) is 3.70. The number of rotatable bonds is 2. The molecule has 1 N–H and O–H groups in total. The molecule has 2 aliphatic heterocycles. The number of hydrogen-bond donors (Lipinski definition) is 1. The van der Waals surface area contributed by atoms with Gasteiger partial charge in [0.15, 0.2) is 0 Å². The Morgan fingerprint density at radius 1 is 1.23 bits per heavy atom. The molecule has 4 rings (SSSR count). The number of aromatic nitrogens is 1. The number of amides is 1. The molecule has 0 saturated carbocycles. The van der Waals surface area contributed by atoms with E-state index in [0.29, 0.717) is 23.9 Å². The lowest BCUT2D eigenvalue weighted by molar-refractivity contribution is 0.0713. The first kappa shape index (κ1) is 20.6. The van der Waals surface area contributed by atoms with Gasteiger partial charge in [-0.05, 0) is 42.7 Å². The molecule has 0 radical (unpaired) electrons. The Morgan fingerprint density at radius 3 is 2.73 bits per heavy atom. The van der Waals surface area contributed by atoms with Crippen LogP contribution >= 0.6 is 24.8 Å². The number of aryl methyl sites for hydroxylation is 1. The van der Waals surface area contributed by atoms with Gasteiger partial charge < -0.3 is 10.2 Å². The summed E-state index contributed by atoms with van der Waals surface area (Å²) in [6.45, 7) is 4.37. The fraction of sp³-hybridized carbons (Fsp3) is 0.368. The molecular weight excluding hydrogens is 376 g/mol. The second kappa shape index (κ2) is 8.33. The summed E-state index contributed by atoms with van der Waals surface area (Å²) >= 11 is 0. The molecule has 1 aromatic heterocycles. The van der Waals surface area contributed by atoms with Crippen LogP contribution in [-0.2, 0) is 0 Å². The average Bonchev–Trinajstić information content (AvgIpc) is 3.15. The van der Waals surface area contributed by atoms with Crippen molar-refractivity contribution in [2.45, 2.75) is 13.0 Å². The van der Waals surface area contributed by atoms with Crippen molar-refractivity contribution < 1.29 is 9.18 Å². The third-order valence-corrected chi connectivity index (χ3v) is 5.17. The molecule has 140 valence electrons. The van der Waals surface area contributed by atoms with Crippen molar-refractivity contribution in [2.75, 3.05) is 19.6 Å². The Hall–Kier alpha value is -1.69. The Bertz CT molecular complexity index is 772. The van der Waals surface area contributed by atoms with E-state index in [9.17, 15) is 9.18 Å². The molecule has 1 amide bonds. The molecule has 0 unspecified atom stereocenters. The van der Waals surface area contributed by atoms with Crippen molar-refractivity contribution in [3.63, 3.8) is 0 Å². The Kier molecular flexibility index (Phi) is 6.61. The van der Waals surface area contributed by atoms with E-state index in [1.807, 2.05) is 30.0 Å². The van der Waals surface area contributed by atoms with Gasteiger partial charge in [-0.1, -0.05) is 12.1 Å². The molecule has 3 heterocycles. The van der Waals surface area contributed by atoms with E-state index in [2.05, 4.69) is 10.3 Å². The number of fused-ring (bicyclic) bond motifs is 1. The van der Waals surface area contributed by atoms with E-state index in [0.717, 1.165) is 24.3 Å². The highest BCUT2D eigenvalue weighted by Crippen LogP contribution is 2.43. The summed E-state index contributed by atoms with van der Waals surface area (Å²) in [6, 6.07) is 10.2. The second-order valence-corrected chi connectivity index (χ2v) is 6.73. The first-order valence-electron chi connectivity index (χ1n) is 8.33. The van der Waals surface area contributed by atoms with Crippen molar-refractivity contribution in [1.82, 2.24) is 15.2 Å². The summed E-state index contributed by atoms with van der Waals surface area (Å²) in [6.07, 6.45) is 1.63. The molecular formula is C19H22Cl2FN3O. The van der Waals surface area contributed by atoms with E-state index >= 15 is 0 Å². The van der Waals surface area contributed by atoms with Crippen LogP contribution in [0.4, 0.5) is 4.39 Å². The Morgan fingerprint density at radius 2 is 2.04 bits per heavy atom. The van der Waals surface area contributed by atoms with Crippen molar-refractivity contribution in [1.29, 1.82) is 0 Å². The third-order valence-electron chi connectivity index (χ3n) is 5.17. The highest BCUT2D eigenvalue weighted by Gasteiger charge is 2.46. The smallest absolute Gasteiger partial charge is 0.255 e. The predicted molar refractivity (Wildman–Crippen MR) is 103 cm³/mol. The van der Waals surface area contributed by atoms with Gasteiger partial charge in [-0.15, -0.1) is 24.8 Å². The first-order valence-corrected chi connectivity index (χ1v) is 8.33. The molecule has 7 heteroatoms. The van der Waals surface area contributed by atoms with Crippen LogP contribution in [0.3, 0.4) is 0 Å². The van der Waals surface area contributed by atoms with Crippen molar-refractivity contribution in [3.05, 3.63) is 65.2 Å². The number of nitrogens with zero attached hydrogens (tertiary/aromatic N) is 2. The van der Waals surface area contributed by atoms with E-state index in [-0.39, 0.29) is 42.6 Å². The number of pyridine rings is 1. The lowest BCUT2D eigenvalue weighted by Crippen LogP contribution is -2.34. The molecule has 0 spiro atoms. The molecule has 1 aromatic carbocycles. The van der Waals surface area contributed by atoms with Gasteiger partial charge in [-0.3, -0.25) is 9.78 Å². The van der Waals surface area contributed by atoms with Crippen LogP contribution in [0.15, 0.2) is 42.6 Å². The monoisotopic (exact) mass is 397 g/mol. The predicted octanol–water partition coefficient (Wildman–Crippen LogP) is 3.41. The summed E-state index contributed by atoms with van der Waals surface area (Å²) in [4.78, 5) is 19.2. The summed E-state index contributed by atoms with van der Waals surface area (Å²) < 4.78 is 13.7. The summed E-state index contributed by atoms with van der Waals surface area (Å²) in [5.74, 6) is 0.465. The van der Waals surface area contributed by atoms with Crippen LogP contribution in [-0.4, -0.2) is 35.4 Å². The van der Waals surface area contributed by atoms with Crippen LogP contribution in [0.2, 0.25) is 0 Å². The summed E-state index contributed by atoms with van der Waals surface area (Å²) in [7, 11) is 0. The minimum Gasteiger partial charge on any atom is -0.331 e. The van der Waals surface area contributed by atoms with Gasteiger partial charge in [-0.2, -0.15) is 0 Å². The number of carbonyl (C=O) groups is 1. The zero-order valence-electron chi connectivity index (χ0n) is 14.4. The fourth-order valence-electron chi connectivity index (χ4n) is 4.01. The van der Waals surface area contributed by atoms with Gasteiger partial charge >= 0.3 is 0 Å². The SMILES string of the molecule is Cc1ccc(C(=O)N2C[C@@H]3CNC[C@@H]3[C@H]2c2cccc(F)c2)cn1.Cl.Cl. The zero-order chi connectivity index (χ0) is 16.7. The maximum Gasteiger partial charge on any atom is 0.255 e. The van der Waals surface area contributed by atoms with E-state index in [1.54, 1.807) is 18.3 Å². The van der Waals surface area contributed by atoms with Gasteiger partial charge in [0, 0.05) is 37.4 Å². The molecule has 0 bridgehead atoms. The molecule has 2 aromatic rings. The number of benzene rings is 1. The topological polar surface area (TPSA) is 45.2 Å². The molecule has 3 atom stereocenters. The van der Waals surface area contributed by atoms with Gasteiger partial charge in [0.25, 0.3) is 5.91 Å². The summed E-state index contributed by atoms with van der Waals surface area (Å²) in [5, 5.41) is 3.40. The number of halogens is 3. The quantitative estimate of drug-likeness (QED) is 0.844. The molecule has 26 heavy (non-hydrogen) atoms. The normalized spacial score (nSPS) is 23.8. The fourth-order valence-corrected chi connectivity index (χ4v) is 4.01. The van der Waals surface area contributed by atoms with E-state index in [1.165, 1.54) is 6.07 Å². The zero-order valence-corrected chi connectivity index (χ0v) is 16.0. The second-order valence-electron chi connectivity index (χ2n) is 6.73. The molecule has 0 aliphatic carbocycles. The maximum atomic E-state index is 13.7. The van der Waals surface area contributed by atoms with Gasteiger partial charge in [0.05, 0.1) is 11.6 Å². The number of nitrogens with one attached hydrogen (secondary N) is 1. The molecule has 4 nitrogen and oxygen atoms in total. The molecule has 2 fully saturated rings. The van der Waals surface area contributed by atoms with E-state index < -0.39 is 0 Å². The van der Waals surface area contributed by atoms with Gasteiger partial charge in [0.2, 0.25) is 0 Å². The minimum atomic E-state index is -0.258. The molecule has 2 aliphatic rings.